The number of aromatic nitrogens is 1. The SMILES string of the molecule is CC12CCC(C)(CC1)c1cc(-c3cc4c(cn3)C3CC5CC(C3)CC4C5)[c-]cc12.[Ir]. The van der Waals surface area contributed by atoms with Crippen LogP contribution in [-0.4, -0.2) is 4.98 Å². The molecule has 1 aromatic heterocycles. The van der Waals surface area contributed by atoms with E-state index in [1.165, 1.54) is 69.0 Å². The number of nitrogens with zero attached hydrogens (tertiary/aromatic N) is 1. The molecule has 7 aliphatic rings. The minimum atomic E-state index is 0. The van der Waals surface area contributed by atoms with Crippen molar-refractivity contribution < 1.29 is 20.1 Å². The van der Waals surface area contributed by atoms with E-state index in [0.29, 0.717) is 10.8 Å². The van der Waals surface area contributed by atoms with E-state index >= 15 is 0 Å². The van der Waals surface area contributed by atoms with Crippen molar-refractivity contribution in [3.63, 3.8) is 0 Å². The summed E-state index contributed by atoms with van der Waals surface area (Å²) in [6.45, 7) is 4.97. The fourth-order valence-electron chi connectivity index (χ4n) is 8.21. The molecule has 2 unspecified atom stereocenters. The van der Waals surface area contributed by atoms with Crippen LogP contribution in [0.15, 0.2) is 24.4 Å². The topological polar surface area (TPSA) is 12.9 Å². The largest absolute Gasteiger partial charge is 0.304 e. The van der Waals surface area contributed by atoms with Crippen molar-refractivity contribution in [2.75, 3.05) is 0 Å². The summed E-state index contributed by atoms with van der Waals surface area (Å²) in [5.41, 5.74) is 9.56. The van der Waals surface area contributed by atoms with Gasteiger partial charge in [-0.2, -0.15) is 0 Å². The molecule has 1 heterocycles. The van der Waals surface area contributed by atoms with Crippen LogP contribution >= 0.6 is 0 Å². The summed E-state index contributed by atoms with van der Waals surface area (Å²) in [7, 11) is 0. The van der Waals surface area contributed by atoms with Gasteiger partial charge in [0.2, 0.25) is 0 Å². The average molecular weight is 575 g/mol. The van der Waals surface area contributed by atoms with Gasteiger partial charge < -0.3 is 4.98 Å². The molecule has 159 valence electrons. The average Bonchev–Trinajstić information content (AvgIpc) is 2.90. The molecule has 2 atom stereocenters. The van der Waals surface area contributed by atoms with E-state index in [-0.39, 0.29) is 20.1 Å². The molecule has 2 aromatic rings. The minimum absolute atomic E-state index is 0. The predicted molar refractivity (Wildman–Crippen MR) is 117 cm³/mol. The second-order valence-electron chi connectivity index (χ2n) is 11.8. The standard InChI is InChI=1S/C28H32N.Ir/c1-27-5-7-28(2,8-6-27)25-14-19(3-4-24(25)27)26-15-22-20-10-17-9-18(11-20)13-21(12-17)23(22)16-29-26;/h4,14-18,20-21H,5-13H2,1-2H3;/q-1;. The van der Waals surface area contributed by atoms with E-state index in [4.69, 9.17) is 4.98 Å². The molecular formula is C28H32IrN-. The molecule has 7 aliphatic carbocycles. The Hall–Kier alpha value is -0.981. The van der Waals surface area contributed by atoms with Crippen molar-refractivity contribution in [2.45, 2.75) is 94.3 Å². The number of rotatable bonds is 1. The van der Waals surface area contributed by atoms with Crippen LogP contribution in [0.2, 0.25) is 0 Å². The van der Waals surface area contributed by atoms with Gasteiger partial charge in [-0.25, -0.2) is 0 Å². The molecule has 30 heavy (non-hydrogen) atoms. The van der Waals surface area contributed by atoms with Crippen LogP contribution in [0.3, 0.4) is 0 Å². The number of pyridine rings is 1. The molecule has 0 saturated heterocycles. The Kier molecular flexibility index (Phi) is 4.28. The van der Waals surface area contributed by atoms with Crippen LogP contribution < -0.4 is 0 Å². The van der Waals surface area contributed by atoms with Crippen molar-refractivity contribution in [3.05, 3.63) is 52.7 Å². The first-order valence-electron chi connectivity index (χ1n) is 12.1. The molecule has 0 N–H and O–H groups in total. The van der Waals surface area contributed by atoms with Gasteiger partial charge in [-0.3, -0.25) is 0 Å². The summed E-state index contributed by atoms with van der Waals surface area (Å²) in [5, 5.41) is 0. The summed E-state index contributed by atoms with van der Waals surface area (Å²) < 4.78 is 0. The Bertz CT molecular complexity index is 1000. The van der Waals surface area contributed by atoms with E-state index < -0.39 is 0 Å². The van der Waals surface area contributed by atoms with Gasteiger partial charge in [0, 0.05) is 26.3 Å². The number of benzene rings is 1. The van der Waals surface area contributed by atoms with Crippen LogP contribution in [0.25, 0.3) is 11.3 Å². The molecule has 6 bridgehead atoms. The summed E-state index contributed by atoms with van der Waals surface area (Å²) in [5.74, 6) is 3.51. The van der Waals surface area contributed by atoms with Gasteiger partial charge in [-0.05, 0) is 96.3 Å². The third-order valence-electron chi connectivity index (χ3n) is 9.97. The van der Waals surface area contributed by atoms with Crippen molar-refractivity contribution in [2.24, 2.45) is 11.8 Å². The normalized spacial score (nSPS) is 39.8. The molecule has 0 spiro atoms. The number of fused-ring (bicyclic) bond motifs is 2. The zero-order valence-corrected chi connectivity index (χ0v) is 20.7. The molecule has 1 radical (unpaired) electrons. The summed E-state index contributed by atoms with van der Waals surface area (Å²) >= 11 is 0. The second-order valence-corrected chi connectivity index (χ2v) is 11.8. The van der Waals surface area contributed by atoms with E-state index in [9.17, 15) is 0 Å². The van der Waals surface area contributed by atoms with Crippen LogP contribution in [0.5, 0.6) is 0 Å². The monoisotopic (exact) mass is 575 g/mol. The Balaban J connectivity index is 0.00000175. The third-order valence-corrected chi connectivity index (χ3v) is 9.97. The van der Waals surface area contributed by atoms with Gasteiger partial charge in [0.1, 0.15) is 0 Å². The maximum atomic E-state index is 5.02. The fraction of sp³-hybridized carbons (Fsp3) is 0.607. The van der Waals surface area contributed by atoms with E-state index in [2.05, 4.69) is 44.3 Å². The second kappa shape index (κ2) is 6.52. The van der Waals surface area contributed by atoms with Crippen molar-refractivity contribution in [1.82, 2.24) is 4.98 Å². The first kappa shape index (κ1) is 19.7. The first-order valence-corrected chi connectivity index (χ1v) is 12.1. The van der Waals surface area contributed by atoms with Crippen LogP contribution in [0.1, 0.15) is 106 Å². The fourth-order valence-corrected chi connectivity index (χ4v) is 8.21. The molecule has 3 fully saturated rings. The number of hydrogen-bond acceptors (Lipinski definition) is 1. The van der Waals surface area contributed by atoms with E-state index in [0.717, 1.165) is 23.7 Å². The van der Waals surface area contributed by atoms with Crippen molar-refractivity contribution in [3.8, 4) is 11.3 Å². The Labute approximate surface area is 194 Å². The molecule has 1 aromatic carbocycles. The Morgan fingerprint density at radius 2 is 1.40 bits per heavy atom. The van der Waals surface area contributed by atoms with Crippen LogP contribution in [0, 0.1) is 17.9 Å². The quantitative estimate of drug-likeness (QED) is 0.333. The van der Waals surface area contributed by atoms with Gasteiger partial charge in [-0.1, -0.05) is 32.8 Å². The van der Waals surface area contributed by atoms with E-state index in [1.54, 1.807) is 22.3 Å². The van der Waals surface area contributed by atoms with Gasteiger partial charge in [0.25, 0.3) is 0 Å². The minimum Gasteiger partial charge on any atom is -0.304 e. The first-order chi connectivity index (χ1) is 14.0. The molecule has 9 rings (SSSR count). The Morgan fingerprint density at radius 1 is 0.800 bits per heavy atom. The maximum Gasteiger partial charge on any atom is 0.0198 e. The smallest absolute Gasteiger partial charge is 0.0198 e. The van der Waals surface area contributed by atoms with Gasteiger partial charge in [0.05, 0.1) is 0 Å². The zero-order chi connectivity index (χ0) is 19.4. The van der Waals surface area contributed by atoms with Gasteiger partial charge in [-0.15, -0.1) is 34.9 Å². The summed E-state index contributed by atoms with van der Waals surface area (Å²) in [4.78, 5) is 5.02. The van der Waals surface area contributed by atoms with Gasteiger partial charge >= 0.3 is 0 Å². The zero-order valence-electron chi connectivity index (χ0n) is 18.3. The number of hydrogen-bond donors (Lipinski definition) is 0. The third kappa shape index (κ3) is 2.65. The van der Waals surface area contributed by atoms with Crippen LogP contribution in [-0.2, 0) is 30.9 Å². The van der Waals surface area contributed by atoms with E-state index in [1.807, 2.05) is 0 Å². The molecule has 0 aliphatic heterocycles. The molecule has 3 saturated carbocycles. The van der Waals surface area contributed by atoms with Crippen molar-refractivity contribution in [1.29, 1.82) is 0 Å². The predicted octanol–water partition coefficient (Wildman–Crippen LogP) is 7.04. The molecule has 0 amide bonds. The van der Waals surface area contributed by atoms with Crippen LogP contribution in [0.4, 0.5) is 0 Å². The molecule has 1 nitrogen and oxygen atoms in total. The Morgan fingerprint density at radius 3 is 2.07 bits per heavy atom. The van der Waals surface area contributed by atoms with Crippen molar-refractivity contribution >= 4 is 0 Å². The molecular weight excluding hydrogens is 543 g/mol. The summed E-state index contributed by atoms with van der Waals surface area (Å²) in [6.07, 6.45) is 14.8. The van der Waals surface area contributed by atoms with Gasteiger partial charge in [0.15, 0.2) is 0 Å². The summed E-state index contributed by atoms with van der Waals surface area (Å²) in [6, 6.07) is 11.0. The maximum absolute atomic E-state index is 5.02. The molecule has 2 heteroatoms.